The van der Waals surface area contributed by atoms with Crippen molar-refractivity contribution >= 4 is 22.9 Å². The van der Waals surface area contributed by atoms with Crippen LogP contribution in [0.15, 0.2) is 47.3 Å². The zero-order chi connectivity index (χ0) is 25.5. The number of para-hydroxylation sites is 1. The number of carbonyl (C=O) groups is 2. The molecule has 2 aromatic carbocycles. The molecule has 9 heteroatoms. The molecule has 0 aliphatic carbocycles. The molecule has 0 aliphatic rings. The highest BCUT2D eigenvalue weighted by Gasteiger charge is 2.27. The number of hydrogen-bond acceptors (Lipinski definition) is 6. The molecule has 0 spiro atoms. The number of fused-ring (bicyclic) bond motifs is 1. The highest BCUT2D eigenvalue weighted by atomic mass is 16.5. The predicted octanol–water partition coefficient (Wildman–Crippen LogP) is 3.28. The van der Waals surface area contributed by atoms with Gasteiger partial charge in [0.05, 0.1) is 35.8 Å². The minimum absolute atomic E-state index is 0.219. The van der Waals surface area contributed by atoms with Crippen LogP contribution in [0, 0.1) is 13.8 Å². The molecule has 3 rings (SSSR count). The van der Waals surface area contributed by atoms with Crippen molar-refractivity contribution in [3.8, 4) is 5.69 Å². The van der Waals surface area contributed by atoms with E-state index in [1.165, 1.54) is 4.90 Å². The first-order valence-corrected chi connectivity index (χ1v) is 11.6. The van der Waals surface area contributed by atoms with Crippen molar-refractivity contribution in [1.29, 1.82) is 0 Å². The van der Waals surface area contributed by atoms with Gasteiger partial charge in [-0.15, -0.1) is 0 Å². The van der Waals surface area contributed by atoms with Gasteiger partial charge in [0.25, 0.3) is 5.56 Å². The van der Waals surface area contributed by atoms with Crippen molar-refractivity contribution < 1.29 is 19.1 Å². The third-order valence-electron chi connectivity index (χ3n) is 5.72. The quantitative estimate of drug-likeness (QED) is 0.472. The second kappa shape index (κ2) is 11.6. The van der Waals surface area contributed by atoms with E-state index < -0.39 is 18.0 Å². The molecular formula is C26H32N4O5. The van der Waals surface area contributed by atoms with Crippen LogP contribution in [-0.4, -0.2) is 59.9 Å². The van der Waals surface area contributed by atoms with E-state index >= 15 is 0 Å². The predicted molar refractivity (Wildman–Crippen MR) is 134 cm³/mol. The average molecular weight is 481 g/mol. The van der Waals surface area contributed by atoms with E-state index in [-0.39, 0.29) is 31.9 Å². The first-order valence-electron chi connectivity index (χ1n) is 11.6. The first kappa shape index (κ1) is 25.9. The minimum atomic E-state index is -0.620. The molecule has 1 heterocycles. The Bertz CT molecular complexity index is 1270. The van der Waals surface area contributed by atoms with Gasteiger partial charge in [-0.25, -0.2) is 9.78 Å². The second-order valence-electron chi connectivity index (χ2n) is 8.24. The van der Waals surface area contributed by atoms with Crippen molar-refractivity contribution in [2.24, 2.45) is 0 Å². The lowest BCUT2D eigenvalue weighted by atomic mass is 10.1. The van der Waals surface area contributed by atoms with Gasteiger partial charge in [0.2, 0.25) is 0 Å². The van der Waals surface area contributed by atoms with E-state index in [2.05, 4.69) is 5.32 Å². The zero-order valence-corrected chi connectivity index (χ0v) is 20.8. The largest absolute Gasteiger partial charge is 0.465 e. The number of urea groups is 1. The summed E-state index contributed by atoms with van der Waals surface area (Å²) in [5, 5.41) is 3.08. The van der Waals surface area contributed by atoms with Crippen molar-refractivity contribution in [3.63, 3.8) is 0 Å². The van der Waals surface area contributed by atoms with Gasteiger partial charge in [-0.2, -0.15) is 0 Å². The fraction of sp³-hybridized carbons (Fsp3) is 0.385. The van der Waals surface area contributed by atoms with Gasteiger partial charge < -0.3 is 19.7 Å². The summed E-state index contributed by atoms with van der Waals surface area (Å²) in [5.74, 6) is -0.126. The average Bonchev–Trinajstić information content (AvgIpc) is 2.83. The zero-order valence-electron chi connectivity index (χ0n) is 20.8. The van der Waals surface area contributed by atoms with Crippen molar-refractivity contribution in [2.75, 3.05) is 33.4 Å². The van der Waals surface area contributed by atoms with Gasteiger partial charge in [-0.3, -0.25) is 14.2 Å². The molecule has 35 heavy (non-hydrogen) atoms. The second-order valence-corrected chi connectivity index (χ2v) is 8.24. The Morgan fingerprint density at radius 2 is 1.91 bits per heavy atom. The third kappa shape index (κ3) is 5.86. The lowest BCUT2D eigenvalue weighted by molar-refractivity contribution is -0.141. The molecule has 9 nitrogen and oxygen atoms in total. The lowest BCUT2D eigenvalue weighted by Crippen LogP contribution is -2.46. The van der Waals surface area contributed by atoms with Crippen LogP contribution in [0.5, 0.6) is 0 Å². The van der Waals surface area contributed by atoms with Gasteiger partial charge in [0.1, 0.15) is 12.4 Å². The van der Waals surface area contributed by atoms with Crippen LogP contribution in [0.4, 0.5) is 4.79 Å². The molecule has 1 N–H and O–H groups in total. The van der Waals surface area contributed by atoms with E-state index in [4.69, 9.17) is 14.5 Å². The van der Waals surface area contributed by atoms with Crippen LogP contribution in [0.25, 0.3) is 16.6 Å². The Morgan fingerprint density at radius 1 is 1.17 bits per heavy atom. The van der Waals surface area contributed by atoms with Crippen LogP contribution in [0.1, 0.15) is 36.8 Å². The molecule has 1 aromatic heterocycles. The van der Waals surface area contributed by atoms with Crippen LogP contribution in [0.2, 0.25) is 0 Å². The number of aryl methyl sites for hydroxylation is 2. The minimum Gasteiger partial charge on any atom is -0.465 e. The van der Waals surface area contributed by atoms with E-state index in [1.807, 2.05) is 38.1 Å². The van der Waals surface area contributed by atoms with E-state index in [9.17, 15) is 14.4 Å². The molecule has 0 saturated heterocycles. The Labute approximate surface area is 204 Å². The molecular weight excluding hydrogens is 448 g/mol. The Hall–Kier alpha value is -3.72. The molecule has 1 atom stereocenters. The lowest BCUT2D eigenvalue weighted by Gasteiger charge is -2.30. The van der Waals surface area contributed by atoms with Crippen LogP contribution in [0.3, 0.4) is 0 Å². The summed E-state index contributed by atoms with van der Waals surface area (Å²) < 4.78 is 11.7. The summed E-state index contributed by atoms with van der Waals surface area (Å²) in [6.45, 7) is 7.87. The highest BCUT2D eigenvalue weighted by Crippen LogP contribution is 2.24. The van der Waals surface area contributed by atoms with Crippen LogP contribution >= 0.6 is 0 Å². The number of hydrogen-bond donors (Lipinski definition) is 1. The van der Waals surface area contributed by atoms with E-state index in [0.29, 0.717) is 22.4 Å². The van der Waals surface area contributed by atoms with Crippen molar-refractivity contribution in [1.82, 2.24) is 19.8 Å². The molecule has 1 unspecified atom stereocenters. The van der Waals surface area contributed by atoms with Crippen molar-refractivity contribution in [3.05, 3.63) is 69.8 Å². The SMILES string of the molecule is CCOC(=O)CNC(=O)N(CCOC)C(C)c1nc2ccccc2c(=O)n1-c1ccc(C)cc1C. The summed E-state index contributed by atoms with van der Waals surface area (Å²) in [5.41, 5.74) is 3.00. The topological polar surface area (TPSA) is 103 Å². The number of nitrogens with zero attached hydrogens (tertiary/aromatic N) is 3. The molecule has 0 aliphatic heterocycles. The fourth-order valence-corrected chi connectivity index (χ4v) is 3.98. The van der Waals surface area contributed by atoms with Crippen LogP contribution < -0.4 is 10.9 Å². The number of aromatic nitrogens is 2. The maximum atomic E-state index is 13.7. The maximum absolute atomic E-state index is 13.7. The van der Waals surface area contributed by atoms with Crippen molar-refractivity contribution in [2.45, 2.75) is 33.7 Å². The summed E-state index contributed by atoms with van der Waals surface area (Å²) in [6, 6.07) is 11.9. The molecule has 0 bridgehead atoms. The monoisotopic (exact) mass is 480 g/mol. The number of esters is 1. The number of amides is 2. The number of methoxy groups -OCH3 is 1. The van der Waals surface area contributed by atoms with Gasteiger partial charge in [-0.1, -0.05) is 29.8 Å². The fourth-order valence-electron chi connectivity index (χ4n) is 3.98. The molecule has 3 aromatic rings. The molecule has 0 fully saturated rings. The smallest absolute Gasteiger partial charge is 0.325 e. The summed E-state index contributed by atoms with van der Waals surface area (Å²) in [4.78, 5) is 44.9. The number of rotatable bonds is 9. The standard InChI is InChI=1S/C26H32N4O5/c1-6-35-23(31)16-27-26(33)29(13-14-34-5)19(4)24-28-21-10-8-7-9-20(21)25(32)30(24)22-12-11-17(2)15-18(22)3/h7-12,15,19H,6,13-14,16H2,1-5H3,(H,27,33). The number of benzene rings is 2. The van der Waals surface area contributed by atoms with Gasteiger partial charge in [0.15, 0.2) is 0 Å². The normalized spacial score (nSPS) is 11.8. The Morgan fingerprint density at radius 3 is 2.60 bits per heavy atom. The van der Waals surface area contributed by atoms with Gasteiger partial charge in [-0.05, 0) is 51.5 Å². The Balaban J connectivity index is 2.13. The first-order chi connectivity index (χ1) is 16.8. The molecule has 0 radical (unpaired) electrons. The summed E-state index contributed by atoms with van der Waals surface area (Å²) in [6.07, 6.45) is 0. The summed E-state index contributed by atoms with van der Waals surface area (Å²) in [7, 11) is 1.54. The van der Waals surface area contributed by atoms with E-state index in [1.54, 1.807) is 43.7 Å². The van der Waals surface area contributed by atoms with Gasteiger partial charge in [0, 0.05) is 13.7 Å². The van der Waals surface area contributed by atoms with E-state index in [0.717, 1.165) is 11.1 Å². The third-order valence-corrected chi connectivity index (χ3v) is 5.72. The molecule has 0 saturated carbocycles. The highest BCUT2D eigenvalue weighted by molar-refractivity contribution is 5.81. The number of carbonyl (C=O) groups excluding carboxylic acids is 2. The van der Waals surface area contributed by atoms with Crippen LogP contribution in [-0.2, 0) is 14.3 Å². The molecule has 2 amide bonds. The Kier molecular flexibility index (Phi) is 8.59. The number of ether oxygens (including phenoxy) is 2. The maximum Gasteiger partial charge on any atom is 0.325 e. The molecule has 186 valence electrons. The number of nitrogens with one attached hydrogen (secondary N) is 1. The van der Waals surface area contributed by atoms with Gasteiger partial charge >= 0.3 is 12.0 Å². The summed E-state index contributed by atoms with van der Waals surface area (Å²) >= 11 is 0.